The zero-order valence-electron chi connectivity index (χ0n) is 14.3. The third kappa shape index (κ3) is 3.81. The number of aromatic hydroxyl groups is 1. The lowest BCUT2D eigenvalue weighted by atomic mass is 9.73. The van der Waals surface area contributed by atoms with Gasteiger partial charge in [0, 0.05) is 10.9 Å². The fourth-order valence-corrected chi connectivity index (χ4v) is 3.51. The number of ether oxygens (including phenoxy) is 1. The highest BCUT2D eigenvalue weighted by Gasteiger charge is 2.39. The lowest BCUT2D eigenvalue weighted by Crippen LogP contribution is -2.34. The molecule has 0 spiro atoms. The van der Waals surface area contributed by atoms with Crippen LogP contribution < -0.4 is 0 Å². The van der Waals surface area contributed by atoms with Gasteiger partial charge < -0.3 is 9.84 Å². The fraction of sp³-hybridized carbons (Fsp3) is 0.238. The highest BCUT2D eigenvalue weighted by Crippen LogP contribution is 2.41. The average molecular weight is 371 g/mol. The highest BCUT2D eigenvalue weighted by molar-refractivity contribution is 6.30. The van der Waals surface area contributed by atoms with Crippen LogP contribution in [0.1, 0.15) is 30.4 Å². The lowest BCUT2D eigenvalue weighted by Gasteiger charge is -2.29. The topological polar surface area (TPSA) is 63.6 Å². The normalized spacial score (nSPS) is 19.8. The van der Waals surface area contributed by atoms with E-state index in [0.29, 0.717) is 11.4 Å². The minimum Gasteiger partial charge on any atom is -0.508 e. The molecule has 5 heteroatoms. The van der Waals surface area contributed by atoms with Gasteiger partial charge in [0.2, 0.25) is 0 Å². The summed E-state index contributed by atoms with van der Waals surface area (Å²) in [7, 11) is 0. The summed E-state index contributed by atoms with van der Waals surface area (Å²) < 4.78 is 5.14. The summed E-state index contributed by atoms with van der Waals surface area (Å²) in [6, 6.07) is 13.9. The van der Waals surface area contributed by atoms with Crippen LogP contribution in [0.15, 0.2) is 54.6 Å². The average Bonchev–Trinajstić information content (AvgIpc) is 2.61. The molecular formula is C21H19ClO4. The Kier molecular flexibility index (Phi) is 5.43. The molecule has 134 valence electrons. The van der Waals surface area contributed by atoms with Gasteiger partial charge >= 0.3 is 5.97 Å². The first-order valence-electron chi connectivity index (χ1n) is 8.45. The molecule has 0 amide bonds. The molecule has 0 heterocycles. The Morgan fingerprint density at radius 1 is 1.23 bits per heavy atom. The van der Waals surface area contributed by atoms with Crippen LogP contribution in [-0.2, 0) is 14.3 Å². The van der Waals surface area contributed by atoms with Gasteiger partial charge in [0.25, 0.3) is 0 Å². The number of hydrogen-bond donors (Lipinski definition) is 1. The molecule has 26 heavy (non-hydrogen) atoms. The second-order valence-electron chi connectivity index (χ2n) is 6.21. The number of ketones is 1. The van der Waals surface area contributed by atoms with E-state index in [1.165, 1.54) is 6.08 Å². The Morgan fingerprint density at radius 3 is 2.62 bits per heavy atom. The molecule has 0 saturated heterocycles. The number of esters is 1. The number of phenols is 1. The molecule has 0 saturated carbocycles. The number of benzene rings is 2. The molecule has 1 N–H and O–H groups in total. The summed E-state index contributed by atoms with van der Waals surface area (Å²) in [5.74, 6) is -1.86. The molecule has 0 aliphatic heterocycles. The Labute approximate surface area is 157 Å². The van der Waals surface area contributed by atoms with Gasteiger partial charge in [-0.25, -0.2) is 0 Å². The van der Waals surface area contributed by atoms with Gasteiger partial charge in [0.15, 0.2) is 5.78 Å². The van der Waals surface area contributed by atoms with Crippen molar-refractivity contribution in [1.29, 1.82) is 0 Å². The minimum absolute atomic E-state index is 0.160. The Bertz CT molecular complexity index is 855. The number of carbonyl (C=O) groups is 2. The number of rotatable bonds is 4. The maximum atomic E-state index is 12.8. The summed E-state index contributed by atoms with van der Waals surface area (Å²) in [4.78, 5) is 25.2. The zero-order chi connectivity index (χ0) is 18.7. The van der Waals surface area contributed by atoms with Gasteiger partial charge in [-0.3, -0.25) is 9.59 Å². The van der Waals surface area contributed by atoms with Gasteiger partial charge in [-0.05, 0) is 60.4 Å². The Hall–Kier alpha value is -2.59. The molecule has 1 aliphatic rings. The number of carbonyl (C=O) groups excluding carboxylic acids is 2. The van der Waals surface area contributed by atoms with Crippen molar-refractivity contribution in [1.82, 2.24) is 0 Å². The van der Waals surface area contributed by atoms with E-state index in [0.717, 1.165) is 16.7 Å². The van der Waals surface area contributed by atoms with Crippen molar-refractivity contribution in [2.75, 3.05) is 6.61 Å². The van der Waals surface area contributed by atoms with Crippen LogP contribution in [0.3, 0.4) is 0 Å². The van der Waals surface area contributed by atoms with E-state index in [9.17, 15) is 14.7 Å². The van der Waals surface area contributed by atoms with Gasteiger partial charge in [-0.15, -0.1) is 0 Å². The van der Waals surface area contributed by atoms with Crippen LogP contribution in [0.2, 0.25) is 5.02 Å². The van der Waals surface area contributed by atoms with Crippen molar-refractivity contribution in [2.45, 2.75) is 19.3 Å². The highest BCUT2D eigenvalue weighted by atomic mass is 35.5. The quantitative estimate of drug-likeness (QED) is 0.641. The first kappa shape index (κ1) is 18.2. The maximum Gasteiger partial charge on any atom is 0.317 e. The van der Waals surface area contributed by atoms with Crippen LogP contribution in [-0.4, -0.2) is 23.5 Å². The molecule has 1 aliphatic carbocycles. The first-order valence-corrected chi connectivity index (χ1v) is 8.83. The van der Waals surface area contributed by atoms with E-state index >= 15 is 0 Å². The summed E-state index contributed by atoms with van der Waals surface area (Å²) >= 11 is 6.12. The van der Waals surface area contributed by atoms with Gasteiger partial charge in [-0.2, -0.15) is 0 Å². The predicted molar refractivity (Wildman–Crippen MR) is 100 cm³/mol. The molecular weight excluding hydrogens is 352 g/mol. The second kappa shape index (κ2) is 7.75. The van der Waals surface area contributed by atoms with Crippen LogP contribution in [0, 0.1) is 5.92 Å². The van der Waals surface area contributed by atoms with Crippen LogP contribution >= 0.6 is 11.6 Å². The molecule has 0 radical (unpaired) electrons. The number of phenolic OH excluding ortho intramolecular Hbond substituents is 1. The van der Waals surface area contributed by atoms with E-state index in [2.05, 4.69) is 0 Å². The maximum absolute atomic E-state index is 12.8. The van der Waals surface area contributed by atoms with Gasteiger partial charge in [-0.1, -0.05) is 35.9 Å². The van der Waals surface area contributed by atoms with Gasteiger partial charge in [0.1, 0.15) is 11.7 Å². The van der Waals surface area contributed by atoms with Crippen molar-refractivity contribution >= 4 is 28.9 Å². The van der Waals surface area contributed by atoms with Crippen molar-refractivity contribution < 1.29 is 19.4 Å². The first-order chi connectivity index (χ1) is 12.5. The molecule has 2 aromatic carbocycles. The van der Waals surface area contributed by atoms with E-state index in [-0.39, 0.29) is 24.1 Å². The largest absolute Gasteiger partial charge is 0.508 e. The Morgan fingerprint density at radius 2 is 1.96 bits per heavy atom. The van der Waals surface area contributed by atoms with Crippen molar-refractivity contribution in [2.24, 2.45) is 5.92 Å². The zero-order valence-corrected chi connectivity index (χ0v) is 15.1. The molecule has 0 aromatic heterocycles. The van der Waals surface area contributed by atoms with Crippen LogP contribution in [0.4, 0.5) is 0 Å². The third-order valence-electron chi connectivity index (χ3n) is 4.52. The monoisotopic (exact) mass is 370 g/mol. The summed E-state index contributed by atoms with van der Waals surface area (Å²) in [6.45, 7) is 1.94. The smallest absolute Gasteiger partial charge is 0.317 e. The van der Waals surface area contributed by atoms with E-state index < -0.39 is 11.9 Å². The number of halogens is 1. The minimum atomic E-state index is -0.880. The molecule has 0 fully saturated rings. The molecule has 0 bridgehead atoms. The van der Waals surface area contributed by atoms with E-state index in [1.807, 2.05) is 12.1 Å². The lowest BCUT2D eigenvalue weighted by molar-refractivity contribution is -0.151. The third-order valence-corrected chi connectivity index (χ3v) is 4.76. The van der Waals surface area contributed by atoms with Crippen LogP contribution in [0.5, 0.6) is 5.75 Å². The van der Waals surface area contributed by atoms with E-state index in [1.54, 1.807) is 43.3 Å². The van der Waals surface area contributed by atoms with Gasteiger partial charge in [0.05, 0.1) is 6.61 Å². The standard InChI is InChI=1S/C21H19ClO4/c1-2-26-21(25)20-18(14-4-3-5-16(22)10-14)11-15(12-19(20)24)13-6-8-17(23)9-7-13/h3-10,12,18,20,23H,2,11H2,1H3. The molecule has 4 nitrogen and oxygen atoms in total. The van der Waals surface area contributed by atoms with Crippen molar-refractivity contribution in [3.63, 3.8) is 0 Å². The predicted octanol–water partition coefficient (Wildman–Crippen LogP) is 4.36. The molecule has 2 aromatic rings. The number of allylic oxidation sites excluding steroid dienone is 2. The molecule has 3 rings (SSSR count). The molecule has 2 unspecified atom stereocenters. The fourth-order valence-electron chi connectivity index (χ4n) is 3.31. The van der Waals surface area contributed by atoms with Crippen molar-refractivity contribution in [3.8, 4) is 5.75 Å². The second-order valence-corrected chi connectivity index (χ2v) is 6.65. The van der Waals surface area contributed by atoms with Crippen LogP contribution in [0.25, 0.3) is 5.57 Å². The summed E-state index contributed by atoms with van der Waals surface area (Å²) in [5.41, 5.74) is 2.49. The molecule has 2 atom stereocenters. The van der Waals surface area contributed by atoms with E-state index in [4.69, 9.17) is 16.3 Å². The number of hydrogen-bond acceptors (Lipinski definition) is 4. The SMILES string of the molecule is CCOC(=O)C1C(=O)C=C(c2ccc(O)cc2)CC1c1cccc(Cl)c1. The van der Waals surface area contributed by atoms with Crippen molar-refractivity contribution in [3.05, 3.63) is 70.8 Å². The Balaban J connectivity index is 2.02. The summed E-state index contributed by atoms with van der Waals surface area (Å²) in [5, 5.41) is 10.0. The summed E-state index contributed by atoms with van der Waals surface area (Å²) in [6.07, 6.45) is 2.01.